The zero-order valence-electron chi connectivity index (χ0n) is 19.5. The Morgan fingerprint density at radius 3 is 2.50 bits per heavy atom. The number of ether oxygens (including phenoxy) is 1. The zero-order chi connectivity index (χ0) is 23.3. The fourth-order valence-corrected chi connectivity index (χ4v) is 5.37. The summed E-state index contributed by atoms with van der Waals surface area (Å²) in [4.78, 5) is 38.7. The molecule has 2 amide bonds. The normalized spacial score (nSPS) is 26.5. The lowest BCUT2D eigenvalue weighted by Crippen LogP contribution is -2.65. The Balaban J connectivity index is 1.73. The van der Waals surface area contributed by atoms with Crippen LogP contribution in [-0.4, -0.2) is 58.8 Å². The molecule has 1 unspecified atom stereocenters. The number of rotatable bonds is 9. The minimum absolute atomic E-state index is 0.153. The van der Waals surface area contributed by atoms with Crippen molar-refractivity contribution >= 4 is 18.0 Å². The first kappa shape index (κ1) is 24.4. The van der Waals surface area contributed by atoms with E-state index in [1.807, 2.05) is 44.2 Å². The van der Waals surface area contributed by atoms with Crippen LogP contribution < -0.4 is 5.32 Å². The van der Waals surface area contributed by atoms with Crippen molar-refractivity contribution in [2.24, 2.45) is 11.8 Å². The van der Waals surface area contributed by atoms with Crippen LogP contribution in [0.2, 0.25) is 0 Å². The van der Waals surface area contributed by atoms with Crippen molar-refractivity contribution in [3.8, 4) is 0 Å². The highest BCUT2D eigenvalue weighted by molar-refractivity contribution is 5.85. The maximum Gasteiger partial charge on any atom is 0.521 e. The molecule has 3 rings (SSSR count). The second kappa shape index (κ2) is 10.6. The molecule has 1 saturated carbocycles. The molecule has 2 N–H and O–H groups in total. The van der Waals surface area contributed by atoms with Gasteiger partial charge in [0.15, 0.2) is 0 Å². The van der Waals surface area contributed by atoms with Crippen LogP contribution in [0.25, 0.3) is 0 Å². The van der Waals surface area contributed by atoms with Crippen molar-refractivity contribution < 1.29 is 28.7 Å². The van der Waals surface area contributed by atoms with Gasteiger partial charge in [-0.1, -0.05) is 44.2 Å². The first-order chi connectivity index (χ1) is 15.3. The standard InChI is InChI=1S/C25H36N2O5/c1-17(2)16-32-24(29)21(13-12-19-8-5-4-6-9-19)26-18(3)23(28)27(25(30)31)15-14-20-10-7-11-22(20)27/h4-6,8-9,17-18,20-22,26H,7,10-16H2,1-3H3/p+1/t18-,20-,21-,22-,27?/m0/s1. The van der Waals surface area contributed by atoms with E-state index in [0.717, 1.165) is 31.2 Å². The predicted molar refractivity (Wildman–Crippen MR) is 121 cm³/mol. The fraction of sp³-hybridized carbons (Fsp3) is 0.640. The molecule has 1 aromatic rings. The first-order valence-electron chi connectivity index (χ1n) is 11.9. The summed E-state index contributed by atoms with van der Waals surface area (Å²) in [7, 11) is 0. The van der Waals surface area contributed by atoms with Crippen LogP contribution >= 0.6 is 0 Å². The lowest BCUT2D eigenvalue weighted by atomic mass is 10.0. The number of quaternary nitrogens is 1. The third-order valence-corrected chi connectivity index (χ3v) is 7.00. The van der Waals surface area contributed by atoms with Crippen molar-refractivity contribution in [1.82, 2.24) is 5.32 Å². The van der Waals surface area contributed by atoms with Crippen LogP contribution in [0.15, 0.2) is 30.3 Å². The van der Waals surface area contributed by atoms with E-state index in [2.05, 4.69) is 5.32 Å². The third kappa shape index (κ3) is 5.21. The third-order valence-electron chi connectivity index (χ3n) is 7.00. The van der Waals surface area contributed by atoms with Crippen molar-refractivity contribution in [3.05, 3.63) is 35.9 Å². The quantitative estimate of drug-likeness (QED) is 0.444. The second-order valence-electron chi connectivity index (χ2n) is 9.75. The van der Waals surface area contributed by atoms with Gasteiger partial charge in [0.2, 0.25) is 0 Å². The largest absolute Gasteiger partial charge is 0.521 e. The Bertz CT molecular complexity index is 812. The highest BCUT2D eigenvalue weighted by Gasteiger charge is 2.61. The van der Waals surface area contributed by atoms with Gasteiger partial charge >= 0.3 is 18.0 Å². The smallest absolute Gasteiger partial charge is 0.464 e. The minimum atomic E-state index is -1.07. The molecule has 7 nitrogen and oxygen atoms in total. The molecular weight excluding hydrogens is 408 g/mol. The van der Waals surface area contributed by atoms with Gasteiger partial charge in [-0.15, -0.1) is 0 Å². The molecule has 7 heteroatoms. The van der Waals surface area contributed by atoms with Crippen LogP contribution in [0.4, 0.5) is 4.79 Å². The highest BCUT2D eigenvalue weighted by Crippen LogP contribution is 2.43. The van der Waals surface area contributed by atoms with Crippen LogP contribution in [0.1, 0.15) is 58.4 Å². The van der Waals surface area contributed by atoms with Crippen molar-refractivity contribution in [2.45, 2.75) is 77.4 Å². The monoisotopic (exact) mass is 445 g/mol. The van der Waals surface area contributed by atoms with Gasteiger partial charge in [-0.25, -0.2) is 4.79 Å². The van der Waals surface area contributed by atoms with Gasteiger partial charge in [0.25, 0.3) is 0 Å². The maximum atomic E-state index is 13.5. The zero-order valence-corrected chi connectivity index (χ0v) is 19.5. The van der Waals surface area contributed by atoms with Crippen LogP contribution in [0.5, 0.6) is 0 Å². The Kier molecular flexibility index (Phi) is 8.06. The summed E-state index contributed by atoms with van der Waals surface area (Å²) < 4.78 is 4.96. The lowest BCUT2D eigenvalue weighted by Gasteiger charge is -2.34. The number of nitrogens with zero attached hydrogens (tertiary/aromatic N) is 1. The van der Waals surface area contributed by atoms with Crippen molar-refractivity contribution in [1.29, 1.82) is 0 Å². The van der Waals surface area contributed by atoms with Gasteiger partial charge < -0.3 is 9.84 Å². The van der Waals surface area contributed by atoms with Crippen LogP contribution in [0.3, 0.4) is 0 Å². The molecule has 5 atom stereocenters. The van der Waals surface area contributed by atoms with Crippen LogP contribution in [0, 0.1) is 11.8 Å². The fourth-order valence-electron chi connectivity index (χ4n) is 5.37. The molecular formula is C25H37N2O5+. The molecule has 0 spiro atoms. The number of likely N-dealkylation sites (tertiary alicyclic amines) is 1. The number of esters is 1. The minimum Gasteiger partial charge on any atom is -0.464 e. The highest BCUT2D eigenvalue weighted by atomic mass is 16.5. The second-order valence-corrected chi connectivity index (χ2v) is 9.75. The first-order valence-corrected chi connectivity index (χ1v) is 11.9. The Morgan fingerprint density at radius 1 is 1.12 bits per heavy atom. The van der Waals surface area contributed by atoms with E-state index in [9.17, 15) is 19.5 Å². The van der Waals surface area contributed by atoms with Gasteiger partial charge in [-0.05, 0) is 44.1 Å². The Hall–Kier alpha value is -2.25. The molecule has 0 bridgehead atoms. The molecule has 2 fully saturated rings. The number of hydrogen-bond acceptors (Lipinski definition) is 5. The summed E-state index contributed by atoms with van der Waals surface area (Å²) in [6, 6.07) is 8.25. The number of nitrogens with one attached hydrogen (secondary N) is 1. The van der Waals surface area contributed by atoms with E-state index in [4.69, 9.17) is 4.74 Å². The Morgan fingerprint density at radius 2 is 1.84 bits per heavy atom. The number of carbonyl (C=O) groups excluding carboxylic acids is 2. The molecule has 32 heavy (non-hydrogen) atoms. The lowest BCUT2D eigenvalue weighted by molar-refractivity contribution is -0.796. The van der Waals surface area contributed by atoms with E-state index in [-0.39, 0.29) is 17.9 Å². The number of benzene rings is 1. The Labute approximate surface area is 190 Å². The molecule has 0 radical (unpaired) electrons. The van der Waals surface area contributed by atoms with E-state index < -0.39 is 28.6 Å². The number of amides is 2. The van der Waals surface area contributed by atoms with Crippen molar-refractivity contribution in [3.63, 3.8) is 0 Å². The van der Waals surface area contributed by atoms with E-state index in [1.165, 1.54) is 0 Å². The molecule has 1 aliphatic carbocycles. The van der Waals surface area contributed by atoms with Gasteiger partial charge in [-0.3, -0.25) is 10.1 Å². The summed E-state index contributed by atoms with van der Waals surface area (Å²) in [5.41, 5.74) is 1.09. The van der Waals surface area contributed by atoms with E-state index in [0.29, 0.717) is 31.9 Å². The number of imide groups is 1. The van der Waals surface area contributed by atoms with Crippen LogP contribution in [-0.2, 0) is 20.7 Å². The predicted octanol–water partition coefficient (Wildman–Crippen LogP) is 3.76. The topological polar surface area (TPSA) is 92.7 Å². The molecule has 1 saturated heterocycles. The number of aryl methyl sites for hydroxylation is 1. The van der Waals surface area contributed by atoms with Crippen molar-refractivity contribution in [2.75, 3.05) is 13.2 Å². The van der Waals surface area contributed by atoms with E-state index in [1.54, 1.807) is 6.92 Å². The SMILES string of the molecule is CC(C)COC(=O)[C@H](CCc1ccccc1)N[C@@H](C)C(=O)[N+]1(C(=O)O)CC[C@@H]2CCC[C@@H]21. The summed E-state index contributed by atoms with van der Waals surface area (Å²) in [5, 5.41) is 13.2. The molecule has 1 heterocycles. The van der Waals surface area contributed by atoms with E-state index >= 15 is 0 Å². The average molecular weight is 446 g/mol. The van der Waals surface area contributed by atoms with Gasteiger partial charge in [0.05, 0.1) is 13.2 Å². The van der Waals surface area contributed by atoms with Gasteiger partial charge in [0, 0.05) is 18.8 Å². The molecule has 1 aliphatic heterocycles. The summed E-state index contributed by atoms with van der Waals surface area (Å²) >= 11 is 0. The number of fused-ring (bicyclic) bond motifs is 1. The maximum absolute atomic E-state index is 13.5. The number of carboxylic acid groups (broad SMARTS) is 1. The average Bonchev–Trinajstić information content (AvgIpc) is 3.38. The summed E-state index contributed by atoms with van der Waals surface area (Å²) in [5.74, 6) is -0.241. The molecule has 2 aliphatic rings. The summed E-state index contributed by atoms with van der Waals surface area (Å²) in [6.07, 6.45) is 3.55. The number of hydrogen-bond donors (Lipinski definition) is 2. The van der Waals surface area contributed by atoms with Gasteiger partial charge in [0.1, 0.15) is 18.1 Å². The molecule has 0 aromatic heterocycles. The molecule has 176 valence electrons. The summed E-state index contributed by atoms with van der Waals surface area (Å²) in [6.45, 7) is 6.26. The number of carbonyl (C=O) groups is 3. The molecule has 1 aromatic carbocycles. The van der Waals surface area contributed by atoms with Gasteiger partial charge in [-0.2, -0.15) is 9.28 Å².